The Morgan fingerprint density at radius 1 is 1.35 bits per heavy atom. The van der Waals surface area contributed by atoms with Crippen LogP contribution in [0.25, 0.3) is 6.08 Å². The summed E-state index contributed by atoms with van der Waals surface area (Å²) in [5.74, 6) is 0.260. The van der Waals surface area contributed by atoms with Crippen molar-refractivity contribution in [1.82, 2.24) is 0 Å². The number of nitriles is 1. The van der Waals surface area contributed by atoms with E-state index < -0.39 is 0 Å². The molecule has 2 N–H and O–H groups in total. The van der Waals surface area contributed by atoms with Gasteiger partial charge in [-0.05, 0) is 42.0 Å². The van der Waals surface area contributed by atoms with E-state index in [0.717, 1.165) is 5.56 Å². The molecule has 116 valence electrons. The Morgan fingerprint density at radius 3 is 2.87 bits per heavy atom. The third kappa shape index (κ3) is 4.43. The van der Waals surface area contributed by atoms with Crippen LogP contribution in [-0.4, -0.2) is 18.1 Å². The Bertz CT molecular complexity index is 776. The van der Waals surface area contributed by atoms with Crippen molar-refractivity contribution in [3.8, 4) is 11.8 Å². The first-order valence-corrected chi connectivity index (χ1v) is 6.93. The molecular weight excluding hydrogens is 292 g/mol. The summed E-state index contributed by atoms with van der Waals surface area (Å²) in [6.45, 7) is -0.177. The lowest BCUT2D eigenvalue weighted by Crippen LogP contribution is -2.08. The van der Waals surface area contributed by atoms with Gasteiger partial charge in [0.2, 0.25) is 5.91 Å². The molecule has 0 heterocycles. The summed E-state index contributed by atoms with van der Waals surface area (Å²) in [7, 11) is 1.52. The van der Waals surface area contributed by atoms with Gasteiger partial charge in [0.05, 0.1) is 25.3 Å². The number of aliphatic hydroxyl groups is 1. The second kappa shape index (κ2) is 7.78. The summed E-state index contributed by atoms with van der Waals surface area (Å²) in [4.78, 5) is 11.9. The van der Waals surface area contributed by atoms with Crippen LogP contribution in [0.3, 0.4) is 0 Å². The molecule has 5 heteroatoms. The standard InChI is InChI=1S/C18H16N2O3/c1-23-17-7-6-16(10-15(17)12-21)20-18(22)8-5-13-3-2-4-14(9-13)11-19/h2-10,21H,12H2,1H3,(H,20,22)/b8-5+. The molecule has 0 saturated heterocycles. The van der Waals surface area contributed by atoms with E-state index in [9.17, 15) is 9.90 Å². The molecule has 0 atom stereocenters. The average molecular weight is 308 g/mol. The minimum absolute atomic E-state index is 0.177. The van der Waals surface area contributed by atoms with Crippen molar-refractivity contribution in [3.63, 3.8) is 0 Å². The van der Waals surface area contributed by atoms with Crippen LogP contribution in [0, 0.1) is 11.3 Å². The van der Waals surface area contributed by atoms with Crippen molar-refractivity contribution in [1.29, 1.82) is 5.26 Å². The number of hydrogen-bond donors (Lipinski definition) is 2. The Kier molecular flexibility index (Phi) is 5.50. The van der Waals surface area contributed by atoms with Crippen molar-refractivity contribution in [2.45, 2.75) is 6.61 Å². The molecule has 0 bridgehead atoms. The molecule has 2 aromatic carbocycles. The molecule has 0 aliphatic heterocycles. The first kappa shape index (κ1) is 16.3. The van der Waals surface area contributed by atoms with E-state index in [4.69, 9.17) is 10.00 Å². The SMILES string of the molecule is COc1ccc(NC(=O)/C=C/c2cccc(C#N)c2)cc1CO. The van der Waals surface area contributed by atoms with Gasteiger partial charge in [-0.2, -0.15) is 5.26 Å². The Balaban J connectivity index is 2.07. The normalized spacial score (nSPS) is 10.3. The molecule has 1 amide bonds. The van der Waals surface area contributed by atoms with E-state index in [1.165, 1.54) is 13.2 Å². The molecule has 0 saturated carbocycles. The second-order valence-corrected chi connectivity index (χ2v) is 4.74. The zero-order valence-electron chi connectivity index (χ0n) is 12.6. The van der Waals surface area contributed by atoms with Crippen LogP contribution in [-0.2, 0) is 11.4 Å². The molecule has 2 rings (SSSR count). The largest absolute Gasteiger partial charge is 0.496 e. The van der Waals surface area contributed by atoms with Crippen LogP contribution in [0.5, 0.6) is 5.75 Å². The zero-order valence-corrected chi connectivity index (χ0v) is 12.6. The summed E-state index contributed by atoms with van der Waals surface area (Å²) in [6, 6.07) is 14.0. The summed E-state index contributed by atoms with van der Waals surface area (Å²) in [5.41, 5.74) is 2.46. The van der Waals surface area contributed by atoms with Gasteiger partial charge in [0.15, 0.2) is 0 Å². The van der Waals surface area contributed by atoms with Gasteiger partial charge in [0, 0.05) is 17.3 Å². The molecule has 0 unspecified atom stereocenters. The highest BCUT2D eigenvalue weighted by molar-refractivity contribution is 6.02. The maximum atomic E-state index is 11.9. The van der Waals surface area contributed by atoms with Gasteiger partial charge < -0.3 is 15.2 Å². The number of nitrogens with zero attached hydrogens (tertiary/aromatic N) is 1. The van der Waals surface area contributed by atoms with Gasteiger partial charge in [-0.3, -0.25) is 4.79 Å². The number of aliphatic hydroxyl groups excluding tert-OH is 1. The van der Waals surface area contributed by atoms with Crippen LogP contribution in [0.4, 0.5) is 5.69 Å². The molecular formula is C18H16N2O3. The first-order valence-electron chi connectivity index (χ1n) is 6.93. The van der Waals surface area contributed by atoms with E-state index in [2.05, 4.69) is 5.32 Å². The number of anilines is 1. The molecule has 0 radical (unpaired) electrons. The van der Waals surface area contributed by atoms with E-state index in [1.54, 1.807) is 42.5 Å². The van der Waals surface area contributed by atoms with Crippen LogP contribution in [0.15, 0.2) is 48.5 Å². The van der Waals surface area contributed by atoms with Crippen molar-refractivity contribution < 1.29 is 14.6 Å². The maximum Gasteiger partial charge on any atom is 0.248 e. The summed E-state index contributed by atoms with van der Waals surface area (Å²) < 4.78 is 5.11. The lowest BCUT2D eigenvalue weighted by molar-refractivity contribution is -0.111. The van der Waals surface area contributed by atoms with Gasteiger partial charge in [-0.15, -0.1) is 0 Å². The highest BCUT2D eigenvalue weighted by Gasteiger charge is 2.05. The highest BCUT2D eigenvalue weighted by Crippen LogP contribution is 2.22. The fourth-order valence-electron chi connectivity index (χ4n) is 2.05. The van der Waals surface area contributed by atoms with E-state index >= 15 is 0 Å². The smallest absolute Gasteiger partial charge is 0.248 e. The van der Waals surface area contributed by atoms with Crippen LogP contribution < -0.4 is 10.1 Å². The van der Waals surface area contributed by atoms with Gasteiger partial charge in [-0.1, -0.05) is 12.1 Å². The van der Waals surface area contributed by atoms with E-state index in [-0.39, 0.29) is 12.5 Å². The Hall–Kier alpha value is -3.10. The third-order valence-electron chi connectivity index (χ3n) is 3.16. The quantitative estimate of drug-likeness (QED) is 0.832. The highest BCUT2D eigenvalue weighted by atomic mass is 16.5. The molecule has 0 aromatic heterocycles. The predicted octanol–water partition coefficient (Wildman–Crippen LogP) is 2.71. The third-order valence-corrected chi connectivity index (χ3v) is 3.16. The molecule has 0 fully saturated rings. The van der Waals surface area contributed by atoms with Crippen LogP contribution >= 0.6 is 0 Å². The molecule has 0 aliphatic carbocycles. The average Bonchev–Trinajstić information content (AvgIpc) is 2.60. The maximum absolute atomic E-state index is 11.9. The number of hydrogen-bond acceptors (Lipinski definition) is 4. The monoisotopic (exact) mass is 308 g/mol. The first-order chi connectivity index (χ1) is 11.2. The molecule has 23 heavy (non-hydrogen) atoms. The number of nitrogens with one attached hydrogen (secondary N) is 1. The van der Waals surface area contributed by atoms with Crippen molar-refractivity contribution in [3.05, 3.63) is 65.2 Å². The molecule has 0 spiro atoms. The van der Waals surface area contributed by atoms with E-state index in [0.29, 0.717) is 22.6 Å². The van der Waals surface area contributed by atoms with Crippen molar-refractivity contribution in [2.24, 2.45) is 0 Å². The number of rotatable bonds is 5. The van der Waals surface area contributed by atoms with E-state index in [1.807, 2.05) is 12.1 Å². The molecule has 5 nitrogen and oxygen atoms in total. The number of benzene rings is 2. The Morgan fingerprint density at radius 2 is 2.17 bits per heavy atom. The number of amides is 1. The number of carbonyl (C=O) groups is 1. The molecule has 0 aliphatic rings. The van der Waals surface area contributed by atoms with Gasteiger partial charge >= 0.3 is 0 Å². The Labute approximate surface area is 134 Å². The topological polar surface area (TPSA) is 82.3 Å². The van der Waals surface area contributed by atoms with Gasteiger partial charge in [0.1, 0.15) is 5.75 Å². The summed E-state index contributed by atoms with van der Waals surface area (Å²) >= 11 is 0. The minimum atomic E-state index is -0.304. The summed E-state index contributed by atoms with van der Waals surface area (Å²) in [6.07, 6.45) is 3.02. The molecule has 2 aromatic rings. The fourth-order valence-corrected chi connectivity index (χ4v) is 2.05. The predicted molar refractivity (Wildman–Crippen MR) is 87.7 cm³/mol. The lowest BCUT2D eigenvalue weighted by Gasteiger charge is -2.09. The van der Waals surface area contributed by atoms with Gasteiger partial charge in [-0.25, -0.2) is 0 Å². The number of carbonyl (C=O) groups excluding carboxylic acids is 1. The van der Waals surface area contributed by atoms with Gasteiger partial charge in [0.25, 0.3) is 0 Å². The number of methoxy groups -OCH3 is 1. The fraction of sp³-hybridized carbons (Fsp3) is 0.111. The van der Waals surface area contributed by atoms with Crippen molar-refractivity contribution in [2.75, 3.05) is 12.4 Å². The van der Waals surface area contributed by atoms with Crippen LogP contribution in [0.1, 0.15) is 16.7 Å². The van der Waals surface area contributed by atoms with Crippen LogP contribution in [0.2, 0.25) is 0 Å². The minimum Gasteiger partial charge on any atom is -0.496 e. The number of ether oxygens (including phenoxy) is 1. The lowest BCUT2D eigenvalue weighted by atomic mass is 10.1. The zero-order chi connectivity index (χ0) is 16.7. The summed E-state index contributed by atoms with van der Waals surface area (Å²) in [5, 5.41) is 20.8. The van der Waals surface area contributed by atoms with Crippen molar-refractivity contribution >= 4 is 17.7 Å². The second-order valence-electron chi connectivity index (χ2n) is 4.74.